The van der Waals surface area contributed by atoms with Gasteiger partial charge in [0.15, 0.2) is 6.10 Å². The maximum Gasteiger partial charge on any atom is 0.319 e. The van der Waals surface area contributed by atoms with Gasteiger partial charge in [-0.1, -0.05) is 18.2 Å². The summed E-state index contributed by atoms with van der Waals surface area (Å²) in [5.74, 6) is -1.03. The van der Waals surface area contributed by atoms with E-state index in [4.69, 9.17) is 9.88 Å². The third-order valence-electron chi connectivity index (χ3n) is 3.50. The van der Waals surface area contributed by atoms with E-state index in [-0.39, 0.29) is 4.90 Å². The summed E-state index contributed by atoms with van der Waals surface area (Å²) in [5.41, 5.74) is 0.363. The number of rotatable bonds is 7. The molecular formula is C18H20N2O5S2. The van der Waals surface area contributed by atoms with Crippen LogP contribution < -0.4 is 10.5 Å². The fourth-order valence-electron chi connectivity index (χ4n) is 2.05. The van der Waals surface area contributed by atoms with Gasteiger partial charge in [-0.05, 0) is 50.2 Å². The molecule has 2 aromatic rings. The number of carbonyl (C=O) groups is 2. The summed E-state index contributed by atoms with van der Waals surface area (Å²) in [7, 11) is -3.80. The Morgan fingerprint density at radius 3 is 2.19 bits per heavy atom. The van der Waals surface area contributed by atoms with Crippen LogP contribution in [0.25, 0.3) is 0 Å². The summed E-state index contributed by atoms with van der Waals surface area (Å²) < 4.78 is 27.7. The summed E-state index contributed by atoms with van der Waals surface area (Å²) >= 11 is 1.34. The van der Waals surface area contributed by atoms with Crippen molar-refractivity contribution < 1.29 is 22.7 Å². The molecule has 0 spiro atoms. The van der Waals surface area contributed by atoms with Crippen molar-refractivity contribution in [2.24, 2.45) is 5.14 Å². The van der Waals surface area contributed by atoms with Gasteiger partial charge >= 0.3 is 5.97 Å². The molecule has 3 N–H and O–H groups in total. The van der Waals surface area contributed by atoms with Crippen LogP contribution >= 0.6 is 11.8 Å². The highest BCUT2D eigenvalue weighted by molar-refractivity contribution is 8.00. The Bertz CT molecular complexity index is 899. The average Bonchev–Trinajstić information content (AvgIpc) is 2.62. The third-order valence-corrected chi connectivity index (χ3v) is 5.52. The minimum atomic E-state index is -3.80. The highest BCUT2D eigenvalue weighted by atomic mass is 32.2. The summed E-state index contributed by atoms with van der Waals surface area (Å²) in [4.78, 5) is 25.2. The van der Waals surface area contributed by atoms with Crippen LogP contribution in [0.2, 0.25) is 0 Å². The largest absolute Gasteiger partial charge is 0.452 e. The van der Waals surface area contributed by atoms with Crippen molar-refractivity contribution in [2.75, 3.05) is 5.32 Å². The molecule has 2 rings (SSSR count). The lowest BCUT2D eigenvalue weighted by atomic mass is 10.3. The molecule has 144 valence electrons. The van der Waals surface area contributed by atoms with Crippen LogP contribution in [-0.2, 0) is 24.3 Å². The van der Waals surface area contributed by atoms with Gasteiger partial charge in [0, 0.05) is 10.6 Å². The zero-order valence-electron chi connectivity index (χ0n) is 14.8. The summed E-state index contributed by atoms with van der Waals surface area (Å²) in [6.45, 7) is 3.17. The molecule has 0 bridgehead atoms. The van der Waals surface area contributed by atoms with Gasteiger partial charge in [-0.25, -0.2) is 13.6 Å². The van der Waals surface area contributed by atoms with Crippen molar-refractivity contribution in [3.63, 3.8) is 0 Å². The second-order valence-corrected chi connectivity index (χ2v) is 8.69. The normalized spacial score (nSPS) is 13.4. The van der Waals surface area contributed by atoms with Gasteiger partial charge in [0.1, 0.15) is 5.25 Å². The van der Waals surface area contributed by atoms with Crippen LogP contribution in [0.15, 0.2) is 64.4 Å². The lowest BCUT2D eigenvalue weighted by molar-refractivity contribution is -0.152. The standard InChI is InChI=1S/C18H20N2O5S2/c1-12(25-18(22)13(2)26-15-6-4-3-5-7-15)17(21)20-14-8-10-16(11-9-14)27(19,23)24/h3-13H,1-2H3,(H,20,21)(H2,19,23,24)/t12-,13-/m0/s1. The van der Waals surface area contributed by atoms with Crippen LogP contribution in [-0.4, -0.2) is 31.6 Å². The van der Waals surface area contributed by atoms with E-state index >= 15 is 0 Å². The van der Waals surface area contributed by atoms with Crippen molar-refractivity contribution in [1.82, 2.24) is 0 Å². The smallest absolute Gasteiger partial charge is 0.319 e. The highest BCUT2D eigenvalue weighted by Gasteiger charge is 2.23. The molecule has 0 saturated heterocycles. The number of nitrogens with one attached hydrogen (secondary N) is 1. The molecule has 7 nitrogen and oxygen atoms in total. The number of sulfonamides is 1. The number of anilines is 1. The van der Waals surface area contributed by atoms with Crippen molar-refractivity contribution in [1.29, 1.82) is 0 Å². The number of esters is 1. The topological polar surface area (TPSA) is 116 Å². The minimum Gasteiger partial charge on any atom is -0.452 e. The molecule has 0 aromatic heterocycles. The molecule has 0 heterocycles. The number of thioether (sulfide) groups is 1. The van der Waals surface area contributed by atoms with Crippen LogP contribution in [0.1, 0.15) is 13.8 Å². The predicted octanol–water partition coefficient (Wildman–Crippen LogP) is 2.38. The number of hydrogen-bond donors (Lipinski definition) is 2. The molecule has 0 saturated carbocycles. The molecule has 0 aliphatic carbocycles. The van der Waals surface area contributed by atoms with Crippen molar-refractivity contribution >= 4 is 39.3 Å². The number of benzene rings is 2. The Hall–Kier alpha value is -2.36. The van der Waals surface area contributed by atoms with Crippen LogP contribution in [0, 0.1) is 0 Å². The molecule has 0 fully saturated rings. The fraction of sp³-hybridized carbons (Fsp3) is 0.222. The maximum absolute atomic E-state index is 12.2. The number of hydrogen-bond acceptors (Lipinski definition) is 6. The van der Waals surface area contributed by atoms with E-state index < -0.39 is 33.3 Å². The number of primary sulfonamides is 1. The van der Waals surface area contributed by atoms with Gasteiger partial charge in [0.2, 0.25) is 10.0 Å². The van der Waals surface area contributed by atoms with Gasteiger partial charge < -0.3 is 10.1 Å². The van der Waals surface area contributed by atoms with Crippen LogP contribution in [0.5, 0.6) is 0 Å². The Morgan fingerprint density at radius 1 is 1.04 bits per heavy atom. The van der Waals surface area contributed by atoms with E-state index in [1.807, 2.05) is 30.3 Å². The van der Waals surface area contributed by atoms with E-state index in [2.05, 4.69) is 5.32 Å². The number of amides is 1. The van der Waals surface area contributed by atoms with Gasteiger partial charge in [-0.15, -0.1) is 11.8 Å². The first kappa shape index (κ1) is 20.9. The second-order valence-electron chi connectivity index (χ2n) is 5.71. The lowest BCUT2D eigenvalue weighted by Crippen LogP contribution is -2.32. The van der Waals surface area contributed by atoms with E-state index in [0.717, 1.165) is 4.90 Å². The fourth-order valence-corrected chi connectivity index (χ4v) is 3.44. The van der Waals surface area contributed by atoms with Crippen LogP contribution in [0.4, 0.5) is 5.69 Å². The Morgan fingerprint density at radius 2 is 1.63 bits per heavy atom. The zero-order valence-corrected chi connectivity index (χ0v) is 16.4. The highest BCUT2D eigenvalue weighted by Crippen LogP contribution is 2.24. The molecule has 0 radical (unpaired) electrons. The Labute approximate surface area is 162 Å². The van der Waals surface area contributed by atoms with Crippen molar-refractivity contribution in [3.8, 4) is 0 Å². The SMILES string of the molecule is C[C@H](OC(=O)[C@H](C)Sc1ccccc1)C(=O)Nc1ccc(S(N)(=O)=O)cc1. The first-order chi connectivity index (χ1) is 12.7. The quantitative estimate of drug-likeness (QED) is 0.537. The van der Waals surface area contributed by atoms with Crippen LogP contribution in [0.3, 0.4) is 0 Å². The predicted molar refractivity (Wildman–Crippen MR) is 104 cm³/mol. The zero-order chi connectivity index (χ0) is 20.0. The third kappa shape index (κ3) is 6.38. The molecular weight excluding hydrogens is 388 g/mol. The summed E-state index contributed by atoms with van der Waals surface area (Å²) in [5, 5.41) is 7.10. The van der Waals surface area contributed by atoms with E-state index in [0.29, 0.717) is 5.69 Å². The monoisotopic (exact) mass is 408 g/mol. The molecule has 1 amide bonds. The van der Waals surface area contributed by atoms with Crippen molar-refractivity contribution in [3.05, 3.63) is 54.6 Å². The Balaban J connectivity index is 1.90. The summed E-state index contributed by atoms with van der Waals surface area (Å²) in [6, 6.07) is 14.8. The Kier molecular flexibility index (Phi) is 7.00. The molecule has 2 atom stereocenters. The molecule has 0 aliphatic rings. The average molecular weight is 409 g/mol. The molecule has 27 heavy (non-hydrogen) atoms. The molecule has 0 unspecified atom stereocenters. The van der Waals surface area contributed by atoms with E-state index in [9.17, 15) is 18.0 Å². The first-order valence-electron chi connectivity index (χ1n) is 8.03. The second kappa shape index (κ2) is 9.03. The van der Waals surface area contributed by atoms with Gasteiger partial charge in [0.05, 0.1) is 4.90 Å². The maximum atomic E-state index is 12.2. The first-order valence-corrected chi connectivity index (χ1v) is 10.5. The number of carbonyl (C=O) groups excluding carboxylic acids is 2. The van der Waals surface area contributed by atoms with Gasteiger partial charge in [-0.2, -0.15) is 0 Å². The number of ether oxygens (including phenoxy) is 1. The van der Waals surface area contributed by atoms with E-state index in [1.165, 1.54) is 43.0 Å². The molecule has 9 heteroatoms. The van der Waals surface area contributed by atoms with E-state index in [1.54, 1.807) is 6.92 Å². The minimum absolute atomic E-state index is 0.0632. The molecule has 0 aliphatic heterocycles. The van der Waals surface area contributed by atoms with Crippen molar-refractivity contribution in [2.45, 2.75) is 35.0 Å². The number of nitrogens with two attached hydrogens (primary N) is 1. The van der Waals surface area contributed by atoms with Gasteiger partial charge in [0.25, 0.3) is 5.91 Å². The summed E-state index contributed by atoms with van der Waals surface area (Å²) in [6.07, 6.45) is -1.01. The molecule has 2 aromatic carbocycles. The van der Waals surface area contributed by atoms with Gasteiger partial charge in [-0.3, -0.25) is 9.59 Å². The lowest BCUT2D eigenvalue weighted by Gasteiger charge is -2.16.